The van der Waals surface area contributed by atoms with Crippen LogP contribution < -0.4 is 10.4 Å². The van der Waals surface area contributed by atoms with Gasteiger partial charge in [-0.15, -0.1) is 0 Å². The van der Waals surface area contributed by atoms with Crippen molar-refractivity contribution in [2.75, 3.05) is 11.9 Å². The highest BCUT2D eigenvalue weighted by Crippen LogP contribution is 2.42. The third kappa shape index (κ3) is 2.46. The quantitative estimate of drug-likeness (QED) is 0.818. The molecule has 2 aliphatic rings. The third-order valence-electron chi connectivity index (χ3n) is 5.93. The Kier molecular flexibility index (Phi) is 3.79. The second kappa shape index (κ2) is 5.64. The van der Waals surface area contributed by atoms with Gasteiger partial charge in [-0.1, -0.05) is 24.3 Å². The van der Waals surface area contributed by atoms with Gasteiger partial charge in [-0.05, 0) is 50.9 Å². The van der Waals surface area contributed by atoms with Crippen molar-refractivity contribution in [2.45, 2.75) is 44.5 Å². The maximum absolute atomic E-state index is 12.9. The van der Waals surface area contributed by atoms with E-state index in [0.29, 0.717) is 16.9 Å². The summed E-state index contributed by atoms with van der Waals surface area (Å²) in [5, 5.41) is 11.4. The maximum Gasteiger partial charge on any atom is 0.494 e. The first-order valence-electron chi connectivity index (χ1n) is 9.00. The number of rotatable bonds is 2. The maximum atomic E-state index is 12.9. The van der Waals surface area contributed by atoms with Crippen molar-refractivity contribution >= 4 is 24.2 Å². The van der Waals surface area contributed by atoms with Crippen LogP contribution in [0.5, 0.6) is 0 Å². The second-order valence-electron chi connectivity index (χ2n) is 8.16. The van der Waals surface area contributed by atoms with Crippen molar-refractivity contribution in [2.24, 2.45) is 0 Å². The Morgan fingerprint density at radius 2 is 1.74 bits per heavy atom. The summed E-state index contributed by atoms with van der Waals surface area (Å²) in [5.41, 5.74) is -0.632. The molecular formula is C20H23BN2O4. The standard InChI is InChI=1S/C20H23BN2O4/c1-18(2)19(3,4)27-21(26-18)14-9-6-8-13(12-14)20(25)16-15(10-7-11-22-16)23(5)17(20)24/h6-12,25H,1-5H3/t20-/m1/s1. The minimum absolute atomic E-state index is 0.337. The van der Waals surface area contributed by atoms with Crippen molar-refractivity contribution in [3.63, 3.8) is 0 Å². The zero-order chi connectivity index (χ0) is 19.6. The molecule has 27 heavy (non-hydrogen) atoms. The number of aliphatic hydroxyl groups is 1. The minimum atomic E-state index is -1.83. The first-order chi connectivity index (χ1) is 12.6. The lowest BCUT2D eigenvalue weighted by molar-refractivity contribution is -0.132. The number of carbonyl (C=O) groups is 1. The first kappa shape index (κ1) is 18.2. The molecular weight excluding hydrogens is 343 g/mol. The van der Waals surface area contributed by atoms with E-state index < -0.39 is 29.8 Å². The molecule has 1 N–H and O–H groups in total. The van der Waals surface area contributed by atoms with E-state index in [2.05, 4.69) is 4.98 Å². The molecule has 1 amide bonds. The van der Waals surface area contributed by atoms with Gasteiger partial charge in [0, 0.05) is 13.2 Å². The van der Waals surface area contributed by atoms with E-state index in [1.807, 2.05) is 33.8 Å². The topological polar surface area (TPSA) is 71.9 Å². The normalized spacial score (nSPS) is 25.8. The SMILES string of the molecule is CN1C(=O)[C@@](O)(c2cccc(B3OC(C)(C)C(C)(C)O3)c2)c2ncccc21. The first-order valence-corrected chi connectivity index (χ1v) is 9.00. The summed E-state index contributed by atoms with van der Waals surface area (Å²) in [6.45, 7) is 7.94. The van der Waals surface area contributed by atoms with Gasteiger partial charge in [0.1, 0.15) is 5.69 Å². The number of aromatic nitrogens is 1. The van der Waals surface area contributed by atoms with Gasteiger partial charge in [0.05, 0.1) is 16.9 Å². The summed E-state index contributed by atoms with van der Waals surface area (Å²) in [6.07, 6.45) is 1.58. The van der Waals surface area contributed by atoms with Crippen LogP contribution in [0.2, 0.25) is 0 Å². The number of anilines is 1. The zero-order valence-electron chi connectivity index (χ0n) is 16.2. The van der Waals surface area contributed by atoms with Crippen molar-refractivity contribution in [1.82, 2.24) is 4.98 Å². The van der Waals surface area contributed by atoms with Gasteiger partial charge in [-0.25, -0.2) is 0 Å². The molecule has 140 valence electrons. The number of nitrogens with zero attached hydrogens (tertiary/aromatic N) is 2. The molecule has 6 nitrogen and oxygen atoms in total. The monoisotopic (exact) mass is 366 g/mol. The van der Waals surface area contributed by atoms with E-state index in [1.165, 1.54) is 4.90 Å². The average molecular weight is 366 g/mol. The Bertz CT molecular complexity index is 914. The molecule has 2 aliphatic heterocycles. The summed E-state index contributed by atoms with van der Waals surface area (Å²) in [5.74, 6) is -0.428. The number of hydrogen-bond acceptors (Lipinski definition) is 5. The molecule has 1 saturated heterocycles. The molecule has 4 rings (SSSR count). The Morgan fingerprint density at radius 1 is 1.07 bits per heavy atom. The Hall–Kier alpha value is -2.22. The summed E-state index contributed by atoms with van der Waals surface area (Å²) < 4.78 is 12.2. The van der Waals surface area contributed by atoms with E-state index in [1.54, 1.807) is 43.6 Å². The van der Waals surface area contributed by atoms with Crippen LogP contribution in [0.3, 0.4) is 0 Å². The largest absolute Gasteiger partial charge is 0.494 e. The van der Waals surface area contributed by atoms with Gasteiger partial charge >= 0.3 is 7.12 Å². The van der Waals surface area contributed by atoms with Crippen LogP contribution in [0, 0.1) is 0 Å². The Balaban J connectivity index is 1.77. The van der Waals surface area contributed by atoms with E-state index in [9.17, 15) is 9.90 Å². The zero-order valence-corrected chi connectivity index (χ0v) is 16.2. The summed E-state index contributed by atoms with van der Waals surface area (Å²) in [7, 11) is 1.06. The van der Waals surface area contributed by atoms with E-state index in [0.717, 1.165) is 5.46 Å². The summed E-state index contributed by atoms with van der Waals surface area (Å²) >= 11 is 0. The van der Waals surface area contributed by atoms with Crippen LogP contribution in [0.1, 0.15) is 39.0 Å². The second-order valence-corrected chi connectivity index (χ2v) is 8.16. The number of likely N-dealkylation sites (N-methyl/N-ethyl adjacent to an activating group) is 1. The summed E-state index contributed by atoms with van der Waals surface area (Å²) in [4.78, 5) is 18.6. The fraction of sp³-hybridized carbons (Fsp3) is 0.400. The molecule has 0 bridgehead atoms. The molecule has 1 aromatic heterocycles. The van der Waals surface area contributed by atoms with E-state index in [4.69, 9.17) is 9.31 Å². The van der Waals surface area contributed by atoms with Crippen molar-refractivity contribution in [3.05, 3.63) is 53.9 Å². The van der Waals surface area contributed by atoms with Gasteiger partial charge in [0.15, 0.2) is 0 Å². The number of amides is 1. The molecule has 1 fully saturated rings. The number of fused-ring (bicyclic) bond motifs is 1. The molecule has 0 spiro atoms. The molecule has 1 atom stereocenters. The molecule has 0 saturated carbocycles. The number of hydrogen-bond donors (Lipinski definition) is 1. The molecule has 0 aliphatic carbocycles. The van der Waals surface area contributed by atoms with Crippen LogP contribution in [0.25, 0.3) is 0 Å². The van der Waals surface area contributed by atoms with E-state index in [-0.39, 0.29) is 0 Å². The Morgan fingerprint density at radius 3 is 2.41 bits per heavy atom. The van der Waals surface area contributed by atoms with Gasteiger partial charge in [-0.3, -0.25) is 9.78 Å². The molecule has 2 aromatic rings. The van der Waals surface area contributed by atoms with E-state index >= 15 is 0 Å². The van der Waals surface area contributed by atoms with Crippen LogP contribution in [-0.4, -0.2) is 41.4 Å². The summed E-state index contributed by atoms with van der Waals surface area (Å²) in [6, 6.07) is 10.7. The smallest absolute Gasteiger partial charge is 0.399 e. The number of benzene rings is 1. The molecule has 1 aromatic carbocycles. The average Bonchev–Trinajstić information content (AvgIpc) is 2.98. The molecule has 3 heterocycles. The van der Waals surface area contributed by atoms with Crippen molar-refractivity contribution < 1.29 is 19.2 Å². The number of carbonyl (C=O) groups excluding carboxylic acids is 1. The van der Waals surface area contributed by atoms with Crippen LogP contribution >= 0.6 is 0 Å². The lowest BCUT2D eigenvalue weighted by Gasteiger charge is -2.32. The van der Waals surface area contributed by atoms with Crippen LogP contribution in [0.4, 0.5) is 5.69 Å². The third-order valence-corrected chi connectivity index (χ3v) is 5.93. The Labute approximate surface area is 159 Å². The molecule has 0 unspecified atom stereocenters. The van der Waals surface area contributed by atoms with Gasteiger partial charge in [0.2, 0.25) is 5.60 Å². The lowest BCUT2D eigenvalue weighted by Crippen LogP contribution is -2.41. The predicted octanol–water partition coefficient (Wildman–Crippen LogP) is 1.59. The van der Waals surface area contributed by atoms with Gasteiger partial charge in [-0.2, -0.15) is 0 Å². The number of pyridine rings is 1. The fourth-order valence-corrected chi connectivity index (χ4v) is 3.55. The molecule has 0 radical (unpaired) electrons. The van der Waals surface area contributed by atoms with Crippen molar-refractivity contribution in [3.8, 4) is 0 Å². The highest BCUT2D eigenvalue weighted by molar-refractivity contribution is 6.62. The van der Waals surface area contributed by atoms with Gasteiger partial charge < -0.3 is 19.3 Å². The fourth-order valence-electron chi connectivity index (χ4n) is 3.55. The van der Waals surface area contributed by atoms with Crippen LogP contribution in [0.15, 0.2) is 42.6 Å². The van der Waals surface area contributed by atoms with Crippen molar-refractivity contribution in [1.29, 1.82) is 0 Å². The van der Waals surface area contributed by atoms with Crippen LogP contribution in [-0.2, 0) is 19.7 Å². The van der Waals surface area contributed by atoms with Gasteiger partial charge in [0.25, 0.3) is 5.91 Å². The molecule has 7 heteroatoms. The predicted molar refractivity (Wildman–Crippen MR) is 103 cm³/mol. The minimum Gasteiger partial charge on any atom is -0.399 e. The highest BCUT2D eigenvalue weighted by Gasteiger charge is 2.54. The highest BCUT2D eigenvalue weighted by atomic mass is 16.7. The lowest BCUT2D eigenvalue weighted by atomic mass is 9.76.